The van der Waals surface area contributed by atoms with Gasteiger partial charge in [-0.05, 0) is 44.9 Å². The van der Waals surface area contributed by atoms with Crippen molar-refractivity contribution in [2.24, 2.45) is 0 Å². The summed E-state index contributed by atoms with van der Waals surface area (Å²) in [7, 11) is 0. The molecule has 1 aromatic carbocycles. The van der Waals surface area contributed by atoms with Crippen LogP contribution in [0.15, 0.2) is 35.8 Å². The van der Waals surface area contributed by atoms with Crippen LogP contribution in [0, 0.1) is 0 Å². The van der Waals surface area contributed by atoms with Crippen LogP contribution < -0.4 is 10.6 Å². The van der Waals surface area contributed by atoms with Crippen molar-refractivity contribution in [3.05, 3.63) is 46.4 Å². The van der Waals surface area contributed by atoms with Crippen molar-refractivity contribution in [2.45, 2.75) is 52.4 Å². The van der Waals surface area contributed by atoms with Gasteiger partial charge in [0.05, 0.1) is 18.2 Å². The van der Waals surface area contributed by atoms with Crippen LogP contribution >= 0.6 is 11.3 Å². The van der Waals surface area contributed by atoms with Gasteiger partial charge >= 0.3 is 6.03 Å². The van der Waals surface area contributed by atoms with Crippen molar-refractivity contribution in [2.75, 3.05) is 5.32 Å². The number of rotatable bonds is 7. The molecule has 130 valence electrons. The fourth-order valence-corrected chi connectivity index (χ4v) is 3.03. The maximum Gasteiger partial charge on any atom is 0.320 e. The third-order valence-corrected chi connectivity index (χ3v) is 4.81. The van der Waals surface area contributed by atoms with Crippen LogP contribution in [0.3, 0.4) is 0 Å². The van der Waals surface area contributed by atoms with Crippen molar-refractivity contribution < 1.29 is 9.53 Å². The van der Waals surface area contributed by atoms with Gasteiger partial charge in [-0.15, -0.1) is 11.3 Å². The Kier molecular flexibility index (Phi) is 6.34. The molecule has 1 atom stereocenters. The second kappa shape index (κ2) is 8.26. The van der Waals surface area contributed by atoms with Crippen molar-refractivity contribution in [3.8, 4) is 0 Å². The molecule has 0 aliphatic carbocycles. The van der Waals surface area contributed by atoms with Gasteiger partial charge in [-0.1, -0.05) is 19.1 Å². The molecular formula is C18H25N3O2S. The number of ether oxygens (including phenoxy) is 1. The second-order valence-electron chi connectivity index (χ2n) is 6.16. The van der Waals surface area contributed by atoms with Gasteiger partial charge in [-0.25, -0.2) is 9.78 Å². The molecule has 0 aliphatic heterocycles. The number of thiazole rings is 1. The normalized spacial score (nSPS) is 13.5. The maximum absolute atomic E-state index is 12.4. The lowest BCUT2D eigenvalue weighted by Crippen LogP contribution is -2.45. The van der Waals surface area contributed by atoms with Crippen molar-refractivity contribution in [1.82, 2.24) is 10.3 Å². The van der Waals surface area contributed by atoms with Crippen LogP contribution in [-0.4, -0.2) is 17.1 Å². The van der Waals surface area contributed by atoms with Gasteiger partial charge < -0.3 is 15.4 Å². The van der Waals surface area contributed by atoms with Gasteiger partial charge in [0.15, 0.2) is 0 Å². The minimum atomic E-state index is -0.476. The summed E-state index contributed by atoms with van der Waals surface area (Å²) in [5.41, 5.74) is 1.30. The van der Waals surface area contributed by atoms with Crippen LogP contribution in [0.4, 0.5) is 10.5 Å². The third kappa shape index (κ3) is 5.04. The Balaban J connectivity index is 2.00. The number of hydrogen-bond donors (Lipinski definition) is 2. The standard InChI is InChI=1S/C18H25N3O2S/c1-5-18(4,16-19-9-10-24-16)21-17(22)20-15-8-6-7-14(11-15)12-23-13(2)3/h6-11,13H,5,12H2,1-4H3,(H2,20,21,22)/t18-/m0/s1. The first-order valence-corrected chi connectivity index (χ1v) is 9.00. The van der Waals surface area contributed by atoms with Crippen LogP contribution in [0.1, 0.15) is 44.7 Å². The van der Waals surface area contributed by atoms with E-state index >= 15 is 0 Å². The fourth-order valence-electron chi connectivity index (χ4n) is 2.20. The lowest BCUT2D eigenvalue weighted by atomic mass is 10.0. The fraction of sp³-hybridized carbons (Fsp3) is 0.444. The molecule has 1 heterocycles. The smallest absolute Gasteiger partial charge is 0.320 e. The number of anilines is 1. The van der Waals surface area contributed by atoms with Crippen LogP contribution in [0.25, 0.3) is 0 Å². The number of aromatic nitrogens is 1. The predicted molar refractivity (Wildman–Crippen MR) is 98.3 cm³/mol. The molecule has 0 spiro atoms. The highest BCUT2D eigenvalue weighted by atomic mass is 32.1. The summed E-state index contributed by atoms with van der Waals surface area (Å²) in [4.78, 5) is 16.7. The van der Waals surface area contributed by atoms with Gasteiger partial charge in [0.1, 0.15) is 5.01 Å². The van der Waals surface area contributed by atoms with E-state index in [0.717, 1.165) is 22.7 Å². The summed E-state index contributed by atoms with van der Waals surface area (Å²) in [5, 5.41) is 8.74. The molecule has 24 heavy (non-hydrogen) atoms. The highest BCUT2D eigenvalue weighted by Gasteiger charge is 2.29. The highest BCUT2D eigenvalue weighted by Crippen LogP contribution is 2.26. The van der Waals surface area contributed by atoms with Crippen LogP contribution in [-0.2, 0) is 16.9 Å². The number of urea groups is 1. The van der Waals surface area contributed by atoms with E-state index in [-0.39, 0.29) is 12.1 Å². The molecule has 0 fully saturated rings. The molecule has 0 aliphatic rings. The average molecular weight is 347 g/mol. The first-order valence-electron chi connectivity index (χ1n) is 8.12. The maximum atomic E-state index is 12.4. The quantitative estimate of drug-likeness (QED) is 0.774. The number of nitrogens with one attached hydrogen (secondary N) is 2. The van der Waals surface area contributed by atoms with E-state index in [1.807, 2.05) is 57.3 Å². The van der Waals surface area contributed by atoms with E-state index < -0.39 is 5.54 Å². The number of hydrogen-bond acceptors (Lipinski definition) is 4. The van der Waals surface area contributed by atoms with Crippen LogP contribution in [0.2, 0.25) is 0 Å². The SMILES string of the molecule is CC[C@](C)(NC(=O)Nc1cccc(COC(C)C)c1)c1nccs1. The van der Waals surface area contributed by atoms with Gasteiger partial charge in [0.2, 0.25) is 0 Å². The van der Waals surface area contributed by atoms with Crippen molar-refractivity contribution in [3.63, 3.8) is 0 Å². The van der Waals surface area contributed by atoms with E-state index in [0.29, 0.717) is 6.61 Å². The summed E-state index contributed by atoms with van der Waals surface area (Å²) in [6.07, 6.45) is 2.69. The van der Waals surface area contributed by atoms with E-state index in [1.54, 1.807) is 17.5 Å². The minimum Gasteiger partial charge on any atom is -0.374 e. The highest BCUT2D eigenvalue weighted by molar-refractivity contribution is 7.09. The van der Waals surface area contributed by atoms with Gasteiger partial charge in [0.25, 0.3) is 0 Å². The Morgan fingerprint density at radius 3 is 2.83 bits per heavy atom. The van der Waals surface area contributed by atoms with E-state index in [9.17, 15) is 4.79 Å². The number of carbonyl (C=O) groups is 1. The first kappa shape index (κ1) is 18.4. The summed E-state index contributed by atoms with van der Waals surface area (Å²) in [5.74, 6) is 0. The number of carbonyl (C=O) groups excluding carboxylic acids is 1. The predicted octanol–water partition coefficient (Wildman–Crippen LogP) is 4.52. The number of amides is 2. The average Bonchev–Trinajstić information content (AvgIpc) is 3.08. The van der Waals surface area contributed by atoms with Gasteiger partial charge in [-0.2, -0.15) is 0 Å². The van der Waals surface area contributed by atoms with Crippen LogP contribution in [0.5, 0.6) is 0 Å². The Hall–Kier alpha value is -1.92. The molecule has 2 rings (SSSR count). The summed E-state index contributed by atoms with van der Waals surface area (Å²) in [6.45, 7) is 8.55. The first-order chi connectivity index (χ1) is 11.4. The zero-order valence-electron chi connectivity index (χ0n) is 14.6. The molecule has 2 N–H and O–H groups in total. The molecule has 0 saturated carbocycles. The molecular weight excluding hydrogens is 322 g/mol. The monoisotopic (exact) mass is 347 g/mol. The Bertz CT molecular complexity index is 658. The lowest BCUT2D eigenvalue weighted by Gasteiger charge is -2.27. The molecule has 5 nitrogen and oxygen atoms in total. The van der Waals surface area contributed by atoms with Gasteiger partial charge in [-0.3, -0.25) is 0 Å². The molecule has 1 aromatic heterocycles. The molecule has 2 amide bonds. The van der Waals surface area contributed by atoms with E-state index in [1.165, 1.54) is 0 Å². The molecule has 0 radical (unpaired) electrons. The number of benzene rings is 1. The number of nitrogens with zero attached hydrogens (tertiary/aromatic N) is 1. The third-order valence-electron chi connectivity index (χ3n) is 3.77. The summed E-state index contributed by atoms with van der Waals surface area (Å²) < 4.78 is 5.60. The van der Waals surface area contributed by atoms with Crippen molar-refractivity contribution in [1.29, 1.82) is 0 Å². The topological polar surface area (TPSA) is 63.2 Å². The van der Waals surface area contributed by atoms with E-state index in [4.69, 9.17) is 4.74 Å². The van der Waals surface area contributed by atoms with Gasteiger partial charge in [0, 0.05) is 17.3 Å². The molecule has 6 heteroatoms. The molecule has 0 bridgehead atoms. The lowest BCUT2D eigenvalue weighted by molar-refractivity contribution is 0.0657. The van der Waals surface area contributed by atoms with Crippen molar-refractivity contribution >= 4 is 23.1 Å². The van der Waals surface area contributed by atoms with E-state index in [2.05, 4.69) is 15.6 Å². The summed E-state index contributed by atoms with van der Waals surface area (Å²) >= 11 is 1.54. The molecule has 2 aromatic rings. The molecule has 0 unspecified atom stereocenters. The zero-order chi connectivity index (χ0) is 17.6. The summed E-state index contributed by atoms with van der Waals surface area (Å²) in [6, 6.07) is 7.45. The molecule has 0 saturated heterocycles. The minimum absolute atomic E-state index is 0.175. The Labute approximate surface area is 147 Å². The second-order valence-corrected chi connectivity index (χ2v) is 7.06. The Morgan fingerprint density at radius 1 is 1.42 bits per heavy atom. The Morgan fingerprint density at radius 2 is 2.21 bits per heavy atom. The zero-order valence-corrected chi connectivity index (χ0v) is 15.4. The largest absolute Gasteiger partial charge is 0.374 e.